The minimum absolute atomic E-state index is 0.0545. The Kier molecular flexibility index (Phi) is 6.45. The lowest BCUT2D eigenvalue weighted by Crippen LogP contribution is -2.27. The monoisotopic (exact) mass is 287 g/mol. The Hall–Kier alpha value is -1.79. The van der Waals surface area contributed by atoms with Crippen LogP contribution in [0.25, 0.3) is 0 Å². The highest BCUT2D eigenvalue weighted by molar-refractivity contribution is 5.94. The Morgan fingerprint density at radius 3 is 2.62 bits per heavy atom. The molecule has 2 N–H and O–H groups in total. The molecule has 0 atom stereocenters. The average Bonchev–Trinajstić information content (AvgIpc) is 2.36. The van der Waals surface area contributed by atoms with Crippen molar-refractivity contribution in [3.8, 4) is 11.8 Å². The lowest BCUT2D eigenvalue weighted by Gasteiger charge is -2.18. The topological polar surface area (TPSA) is 49.3 Å². The van der Waals surface area contributed by atoms with Crippen LogP contribution in [0.3, 0.4) is 0 Å². The van der Waals surface area contributed by atoms with Crippen molar-refractivity contribution in [3.05, 3.63) is 34.9 Å². The minimum Gasteiger partial charge on any atom is -0.395 e. The summed E-state index contributed by atoms with van der Waals surface area (Å²) in [6.07, 6.45) is 1.38. The SMILES string of the molecule is Cc1cc(C#CCCO)cc(C(=O)NCCC(C)(C)C)c1. The molecular weight excluding hydrogens is 262 g/mol. The molecule has 0 unspecified atom stereocenters. The number of amides is 1. The number of aliphatic hydroxyl groups excluding tert-OH is 1. The Bertz CT molecular complexity index is 545. The Labute approximate surface area is 127 Å². The highest BCUT2D eigenvalue weighted by Gasteiger charge is 2.11. The molecule has 3 heteroatoms. The molecule has 0 aliphatic heterocycles. The Morgan fingerprint density at radius 1 is 1.29 bits per heavy atom. The van der Waals surface area contributed by atoms with Gasteiger partial charge in [-0.25, -0.2) is 0 Å². The molecule has 0 aliphatic rings. The molecule has 114 valence electrons. The first-order valence-corrected chi connectivity index (χ1v) is 7.31. The van der Waals surface area contributed by atoms with Crippen molar-refractivity contribution in [2.45, 2.75) is 40.5 Å². The first-order valence-electron chi connectivity index (χ1n) is 7.31. The van der Waals surface area contributed by atoms with Gasteiger partial charge in [0.2, 0.25) is 0 Å². The summed E-state index contributed by atoms with van der Waals surface area (Å²) >= 11 is 0. The summed E-state index contributed by atoms with van der Waals surface area (Å²) in [5, 5.41) is 11.7. The summed E-state index contributed by atoms with van der Waals surface area (Å²) in [5.74, 6) is 5.79. The van der Waals surface area contributed by atoms with Crippen LogP contribution in [0.2, 0.25) is 0 Å². The van der Waals surface area contributed by atoms with Crippen LogP contribution >= 0.6 is 0 Å². The summed E-state index contributed by atoms with van der Waals surface area (Å²) in [6, 6.07) is 5.60. The number of carbonyl (C=O) groups is 1. The Balaban J connectivity index is 2.74. The van der Waals surface area contributed by atoms with Gasteiger partial charge in [0.15, 0.2) is 0 Å². The van der Waals surface area contributed by atoms with E-state index < -0.39 is 0 Å². The summed E-state index contributed by atoms with van der Waals surface area (Å²) in [4.78, 5) is 12.2. The Morgan fingerprint density at radius 2 is 2.00 bits per heavy atom. The van der Waals surface area contributed by atoms with Crippen LogP contribution in [0.15, 0.2) is 18.2 Å². The van der Waals surface area contributed by atoms with Crippen molar-refractivity contribution in [2.75, 3.05) is 13.2 Å². The maximum absolute atomic E-state index is 12.2. The molecular formula is C18H25NO2. The second kappa shape index (κ2) is 7.85. The first-order chi connectivity index (χ1) is 9.81. The highest BCUT2D eigenvalue weighted by atomic mass is 16.2. The molecule has 0 saturated heterocycles. The van der Waals surface area contributed by atoms with Gasteiger partial charge in [-0.1, -0.05) is 32.6 Å². The van der Waals surface area contributed by atoms with E-state index in [4.69, 9.17) is 5.11 Å². The zero-order chi connectivity index (χ0) is 15.9. The summed E-state index contributed by atoms with van der Waals surface area (Å²) in [6.45, 7) is 9.13. The van der Waals surface area contributed by atoms with Crippen molar-refractivity contribution >= 4 is 5.91 Å². The molecule has 1 amide bonds. The van der Waals surface area contributed by atoms with Crippen LogP contribution in [-0.2, 0) is 0 Å². The maximum atomic E-state index is 12.2. The maximum Gasteiger partial charge on any atom is 0.251 e. The number of rotatable bonds is 4. The van der Waals surface area contributed by atoms with Gasteiger partial charge >= 0.3 is 0 Å². The third kappa shape index (κ3) is 6.97. The lowest BCUT2D eigenvalue weighted by molar-refractivity contribution is 0.0949. The third-order valence-corrected chi connectivity index (χ3v) is 2.97. The van der Waals surface area contributed by atoms with E-state index in [1.54, 1.807) is 6.07 Å². The fourth-order valence-corrected chi connectivity index (χ4v) is 1.86. The van der Waals surface area contributed by atoms with Crippen molar-refractivity contribution in [1.82, 2.24) is 5.32 Å². The molecule has 1 aromatic rings. The molecule has 0 heterocycles. The van der Waals surface area contributed by atoms with Gasteiger partial charge in [-0.05, 0) is 42.5 Å². The molecule has 0 saturated carbocycles. The molecule has 0 aromatic heterocycles. The molecule has 3 nitrogen and oxygen atoms in total. The molecule has 0 bridgehead atoms. The number of nitrogens with one attached hydrogen (secondary N) is 1. The second-order valence-corrected chi connectivity index (χ2v) is 6.43. The fourth-order valence-electron chi connectivity index (χ4n) is 1.86. The van der Waals surface area contributed by atoms with Gasteiger partial charge in [0.1, 0.15) is 0 Å². The van der Waals surface area contributed by atoms with Gasteiger partial charge in [0.05, 0.1) is 6.61 Å². The molecule has 0 radical (unpaired) electrons. The first kappa shape index (κ1) is 17.3. The average molecular weight is 287 g/mol. The standard InChI is InChI=1S/C18H25NO2/c1-14-11-15(7-5-6-10-20)13-16(12-14)17(21)19-9-8-18(2,3)4/h11-13,20H,6,8-10H2,1-4H3,(H,19,21). The van der Waals surface area contributed by atoms with E-state index in [0.29, 0.717) is 18.5 Å². The van der Waals surface area contributed by atoms with Crippen molar-refractivity contribution in [3.63, 3.8) is 0 Å². The van der Waals surface area contributed by atoms with Gasteiger partial charge in [0.25, 0.3) is 5.91 Å². The zero-order valence-electron chi connectivity index (χ0n) is 13.4. The smallest absolute Gasteiger partial charge is 0.251 e. The largest absolute Gasteiger partial charge is 0.395 e. The van der Waals surface area contributed by atoms with Gasteiger partial charge in [0, 0.05) is 24.1 Å². The summed E-state index contributed by atoms with van der Waals surface area (Å²) in [5.41, 5.74) is 2.66. The molecule has 0 fully saturated rings. The number of benzene rings is 1. The zero-order valence-corrected chi connectivity index (χ0v) is 13.4. The van der Waals surface area contributed by atoms with Gasteiger partial charge in [-0.3, -0.25) is 4.79 Å². The van der Waals surface area contributed by atoms with Gasteiger partial charge in [-0.2, -0.15) is 0 Å². The second-order valence-electron chi connectivity index (χ2n) is 6.43. The number of aryl methyl sites for hydroxylation is 1. The normalized spacial score (nSPS) is 10.7. The molecule has 0 aliphatic carbocycles. The van der Waals surface area contributed by atoms with Crippen molar-refractivity contribution in [1.29, 1.82) is 0 Å². The van der Waals surface area contributed by atoms with Crippen molar-refractivity contribution < 1.29 is 9.90 Å². The molecule has 0 spiro atoms. The molecule has 1 aromatic carbocycles. The summed E-state index contributed by atoms with van der Waals surface area (Å²) < 4.78 is 0. The predicted molar refractivity (Wildman–Crippen MR) is 86.2 cm³/mol. The number of aliphatic hydroxyl groups is 1. The van der Waals surface area contributed by atoms with E-state index in [-0.39, 0.29) is 17.9 Å². The quantitative estimate of drug-likeness (QED) is 0.837. The lowest BCUT2D eigenvalue weighted by atomic mass is 9.92. The summed E-state index contributed by atoms with van der Waals surface area (Å²) in [7, 11) is 0. The van der Waals surface area contributed by atoms with Gasteiger partial charge in [-0.15, -0.1) is 0 Å². The number of hydrogen-bond donors (Lipinski definition) is 2. The van der Waals surface area contributed by atoms with E-state index in [1.807, 2.05) is 19.1 Å². The predicted octanol–water partition coefficient (Wildman–Crippen LogP) is 2.89. The number of hydrogen-bond acceptors (Lipinski definition) is 2. The number of carbonyl (C=O) groups excluding carboxylic acids is 1. The molecule has 21 heavy (non-hydrogen) atoms. The van der Waals surface area contributed by atoms with Crippen LogP contribution in [0.5, 0.6) is 0 Å². The third-order valence-electron chi connectivity index (χ3n) is 2.97. The van der Waals surface area contributed by atoms with Crippen molar-refractivity contribution in [2.24, 2.45) is 5.41 Å². The van der Waals surface area contributed by atoms with Gasteiger partial charge < -0.3 is 10.4 Å². The highest BCUT2D eigenvalue weighted by Crippen LogP contribution is 2.17. The van der Waals surface area contributed by atoms with Crippen LogP contribution < -0.4 is 5.32 Å². The van der Waals surface area contributed by atoms with E-state index in [1.165, 1.54) is 0 Å². The van der Waals surface area contributed by atoms with E-state index >= 15 is 0 Å². The van der Waals surface area contributed by atoms with E-state index in [0.717, 1.165) is 17.5 Å². The van der Waals surface area contributed by atoms with Crippen LogP contribution in [-0.4, -0.2) is 24.2 Å². The van der Waals surface area contributed by atoms with Crippen LogP contribution in [0.4, 0.5) is 0 Å². The van der Waals surface area contributed by atoms with Crippen LogP contribution in [0, 0.1) is 24.2 Å². The van der Waals surface area contributed by atoms with Crippen LogP contribution in [0.1, 0.15) is 55.1 Å². The van der Waals surface area contributed by atoms with E-state index in [2.05, 4.69) is 37.9 Å². The van der Waals surface area contributed by atoms with E-state index in [9.17, 15) is 4.79 Å². The minimum atomic E-state index is -0.0619. The fraction of sp³-hybridized carbons (Fsp3) is 0.500. The molecule has 1 rings (SSSR count).